The highest BCUT2D eigenvalue weighted by atomic mass is 16.3. The third kappa shape index (κ3) is 1.36. The van der Waals surface area contributed by atoms with Crippen LogP contribution in [-0.4, -0.2) is 31.9 Å². The van der Waals surface area contributed by atoms with Crippen LogP contribution >= 0.6 is 0 Å². The van der Waals surface area contributed by atoms with Crippen LogP contribution in [0.3, 0.4) is 0 Å². The Bertz CT molecular complexity index is 184. The summed E-state index contributed by atoms with van der Waals surface area (Å²) in [6.07, 6.45) is 0. The summed E-state index contributed by atoms with van der Waals surface area (Å²) in [5, 5.41) is 18.9. The molecule has 0 aliphatic carbocycles. The lowest BCUT2D eigenvalue weighted by molar-refractivity contribution is 0.259. The molecule has 0 saturated heterocycles. The average molecular weight is 129 g/mol. The summed E-state index contributed by atoms with van der Waals surface area (Å²) in [5.74, 6) is 0.128. The van der Waals surface area contributed by atoms with Crippen LogP contribution in [0.5, 0.6) is 0 Å². The summed E-state index contributed by atoms with van der Waals surface area (Å²) >= 11 is 0. The van der Waals surface area contributed by atoms with Gasteiger partial charge in [0.05, 0.1) is 13.2 Å². The second-order valence-electron chi connectivity index (χ2n) is 1.47. The van der Waals surface area contributed by atoms with Crippen molar-refractivity contribution in [2.24, 2.45) is 0 Å². The minimum absolute atomic E-state index is 0.00417. The third-order valence-corrected chi connectivity index (χ3v) is 0.768. The van der Waals surface area contributed by atoms with Gasteiger partial charge in [-0.2, -0.15) is 4.80 Å². The molecule has 9 heavy (non-hydrogen) atoms. The molecule has 0 fully saturated rings. The molecule has 3 N–H and O–H groups in total. The van der Waals surface area contributed by atoms with Crippen molar-refractivity contribution in [1.29, 1.82) is 0 Å². The molecule has 0 aliphatic heterocycles. The average Bonchev–Trinajstić information content (AvgIpc) is 2.17. The molecule has 6 nitrogen and oxygen atoms in total. The molecule has 1 rings (SSSR count). The van der Waals surface area contributed by atoms with Crippen molar-refractivity contribution in [3.8, 4) is 0 Å². The summed E-state index contributed by atoms with van der Waals surface area (Å²) in [5.41, 5.74) is 5.12. The zero-order valence-electron chi connectivity index (χ0n) is 4.73. The molecule has 0 spiro atoms. The summed E-state index contributed by atoms with van der Waals surface area (Å²) in [4.78, 5) is 1.23. The summed E-state index contributed by atoms with van der Waals surface area (Å²) in [6.45, 7) is 0.333. The molecule has 1 aromatic rings. The monoisotopic (exact) mass is 129 g/mol. The number of hydrogen-bond acceptors (Lipinski definition) is 5. The van der Waals surface area contributed by atoms with Crippen LogP contribution in [0.1, 0.15) is 0 Å². The lowest BCUT2D eigenvalue weighted by Gasteiger charge is -1.88. The number of aromatic nitrogens is 4. The molecule has 1 heterocycles. The van der Waals surface area contributed by atoms with Crippen LogP contribution in [0.25, 0.3) is 0 Å². The van der Waals surface area contributed by atoms with Crippen LogP contribution in [0.2, 0.25) is 0 Å². The van der Waals surface area contributed by atoms with Gasteiger partial charge in [0, 0.05) is 0 Å². The van der Waals surface area contributed by atoms with Gasteiger partial charge in [0.15, 0.2) is 0 Å². The van der Waals surface area contributed by atoms with Crippen molar-refractivity contribution in [3.05, 3.63) is 0 Å². The Hall–Kier alpha value is -1.17. The van der Waals surface area contributed by atoms with Crippen molar-refractivity contribution in [2.75, 3.05) is 12.3 Å². The SMILES string of the molecule is Nc1nnn(CCO)n1. The summed E-state index contributed by atoms with van der Waals surface area (Å²) in [7, 11) is 0. The molecule has 0 bridgehead atoms. The van der Waals surface area contributed by atoms with Gasteiger partial charge in [-0.05, 0) is 5.21 Å². The number of aliphatic hydroxyl groups is 1. The predicted molar refractivity (Wildman–Crippen MR) is 29.3 cm³/mol. The molecule has 50 valence electrons. The Kier molecular flexibility index (Phi) is 1.59. The number of hydrogen-bond donors (Lipinski definition) is 2. The first-order valence-corrected chi connectivity index (χ1v) is 2.47. The molecule has 0 amide bonds. The van der Waals surface area contributed by atoms with E-state index in [0.717, 1.165) is 0 Å². The Labute approximate surface area is 51.3 Å². The highest BCUT2D eigenvalue weighted by Crippen LogP contribution is 1.82. The minimum atomic E-state index is -0.00417. The van der Waals surface area contributed by atoms with Crippen LogP contribution in [0.4, 0.5) is 5.95 Å². The topological polar surface area (TPSA) is 89.8 Å². The maximum atomic E-state index is 8.36. The van der Waals surface area contributed by atoms with Gasteiger partial charge < -0.3 is 10.8 Å². The second kappa shape index (κ2) is 2.40. The fraction of sp³-hybridized carbons (Fsp3) is 0.667. The zero-order chi connectivity index (χ0) is 6.69. The first-order valence-electron chi connectivity index (χ1n) is 2.47. The van der Waals surface area contributed by atoms with Gasteiger partial charge in [0.25, 0.3) is 5.95 Å². The molecule has 0 unspecified atom stereocenters. The fourth-order valence-electron chi connectivity index (χ4n) is 0.440. The molecule has 0 radical (unpaired) electrons. The molecular weight excluding hydrogens is 122 g/mol. The van der Waals surface area contributed by atoms with E-state index in [-0.39, 0.29) is 12.6 Å². The molecule has 6 heteroatoms. The molecular formula is C3H7N5O. The summed E-state index contributed by atoms with van der Waals surface area (Å²) in [6, 6.07) is 0. The molecule has 0 aromatic carbocycles. The van der Waals surface area contributed by atoms with E-state index >= 15 is 0 Å². The summed E-state index contributed by atoms with van der Waals surface area (Å²) < 4.78 is 0. The van der Waals surface area contributed by atoms with E-state index in [1.54, 1.807) is 0 Å². The number of rotatable bonds is 2. The van der Waals surface area contributed by atoms with Crippen molar-refractivity contribution in [1.82, 2.24) is 20.2 Å². The van der Waals surface area contributed by atoms with Crippen LogP contribution in [0, 0.1) is 0 Å². The van der Waals surface area contributed by atoms with E-state index in [9.17, 15) is 0 Å². The van der Waals surface area contributed by atoms with Gasteiger partial charge in [0.1, 0.15) is 0 Å². The lowest BCUT2D eigenvalue weighted by Crippen LogP contribution is -2.05. The standard InChI is InChI=1S/C3H7N5O/c4-3-5-7-8(6-3)1-2-9/h9H,1-2H2,(H2,4,6). The van der Waals surface area contributed by atoms with E-state index < -0.39 is 0 Å². The lowest BCUT2D eigenvalue weighted by atomic mass is 10.7. The Morgan fingerprint density at radius 2 is 2.44 bits per heavy atom. The van der Waals surface area contributed by atoms with Gasteiger partial charge in [-0.25, -0.2) is 0 Å². The normalized spacial score (nSPS) is 9.89. The number of nitrogens with two attached hydrogens (primary N) is 1. The highest BCUT2D eigenvalue weighted by Gasteiger charge is 1.93. The largest absolute Gasteiger partial charge is 0.394 e. The number of anilines is 1. The first kappa shape index (κ1) is 5.96. The number of aliphatic hydroxyl groups excluding tert-OH is 1. The van der Waals surface area contributed by atoms with Gasteiger partial charge in [-0.1, -0.05) is 5.10 Å². The van der Waals surface area contributed by atoms with Crippen LogP contribution < -0.4 is 5.73 Å². The number of nitrogens with zero attached hydrogens (tertiary/aromatic N) is 4. The number of nitrogen functional groups attached to an aromatic ring is 1. The quantitative estimate of drug-likeness (QED) is 0.494. The van der Waals surface area contributed by atoms with E-state index in [0.29, 0.717) is 6.54 Å². The fourth-order valence-corrected chi connectivity index (χ4v) is 0.440. The van der Waals surface area contributed by atoms with Crippen molar-refractivity contribution in [2.45, 2.75) is 6.54 Å². The van der Waals surface area contributed by atoms with E-state index in [4.69, 9.17) is 10.8 Å². The van der Waals surface area contributed by atoms with Crippen LogP contribution in [-0.2, 0) is 6.54 Å². The Morgan fingerprint density at radius 3 is 2.89 bits per heavy atom. The first-order chi connectivity index (χ1) is 4.33. The van der Waals surface area contributed by atoms with Gasteiger partial charge >= 0.3 is 0 Å². The van der Waals surface area contributed by atoms with Gasteiger partial charge in [0.2, 0.25) is 0 Å². The molecule has 1 aromatic heterocycles. The smallest absolute Gasteiger partial charge is 0.260 e. The Morgan fingerprint density at radius 1 is 1.67 bits per heavy atom. The zero-order valence-corrected chi connectivity index (χ0v) is 4.73. The van der Waals surface area contributed by atoms with Crippen molar-refractivity contribution >= 4 is 5.95 Å². The van der Waals surface area contributed by atoms with E-state index in [2.05, 4.69) is 15.4 Å². The maximum Gasteiger partial charge on any atom is 0.260 e. The predicted octanol–water partition coefficient (Wildman–Crippen LogP) is -1.75. The number of tetrazole rings is 1. The van der Waals surface area contributed by atoms with Gasteiger partial charge in [-0.15, -0.1) is 5.10 Å². The molecule has 0 saturated carbocycles. The van der Waals surface area contributed by atoms with Crippen molar-refractivity contribution in [3.63, 3.8) is 0 Å². The van der Waals surface area contributed by atoms with E-state index in [1.807, 2.05) is 0 Å². The Balaban J connectivity index is 2.61. The second-order valence-corrected chi connectivity index (χ2v) is 1.47. The highest BCUT2D eigenvalue weighted by molar-refractivity contribution is 5.06. The molecule has 0 atom stereocenters. The minimum Gasteiger partial charge on any atom is -0.394 e. The molecule has 0 aliphatic rings. The van der Waals surface area contributed by atoms with Crippen LogP contribution in [0.15, 0.2) is 0 Å². The van der Waals surface area contributed by atoms with E-state index in [1.165, 1.54) is 4.80 Å². The third-order valence-electron chi connectivity index (χ3n) is 0.768. The van der Waals surface area contributed by atoms with Gasteiger partial charge in [-0.3, -0.25) is 0 Å². The van der Waals surface area contributed by atoms with Crippen molar-refractivity contribution < 1.29 is 5.11 Å². The maximum absolute atomic E-state index is 8.36.